The zero-order chi connectivity index (χ0) is 20.6. The predicted octanol–water partition coefficient (Wildman–Crippen LogP) is 2.97. The second-order valence-electron chi connectivity index (χ2n) is 6.63. The van der Waals surface area contributed by atoms with Crippen LogP contribution in [-0.4, -0.2) is 55.2 Å². The first-order valence-electron chi connectivity index (χ1n) is 9.15. The molecule has 0 aliphatic rings. The Morgan fingerprint density at radius 2 is 1.43 bits per heavy atom. The zero-order valence-corrected chi connectivity index (χ0v) is 19.9. The third-order valence-electron chi connectivity index (χ3n) is 4.18. The molecule has 0 fully saturated rings. The van der Waals surface area contributed by atoms with Gasteiger partial charge in [0.1, 0.15) is 0 Å². The standard InChI is InChI=1S/C20H27AsNO4S2/c1-18(2)22(28(25,26)20-12-7-4-8-13-20)16-15-21-14-9-17-27(23,24)19-10-5-3-6-11-19/h3-8,10-13,15,18,21H,9,14,16-17H2,1-2H3. The van der Waals surface area contributed by atoms with Crippen LogP contribution < -0.4 is 0 Å². The van der Waals surface area contributed by atoms with Gasteiger partial charge in [-0.05, 0) is 0 Å². The predicted molar refractivity (Wildman–Crippen MR) is 115 cm³/mol. The van der Waals surface area contributed by atoms with Crippen LogP contribution >= 0.6 is 0 Å². The number of hydrogen-bond donors (Lipinski definition) is 0. The van der Waals surface area contributed by atoms with Crippen molar-refractivity contribution >= 4 is 35.6 Å². The molecule has 1 unspecified atom stereocenters. The van der Waals surface area contributed by atoms with Crippen molar-refractivity contribution in [3.05, 3.63) is 65.9 Å². The normalized spacial score (nSPS) is 13.0. The molecule has 0 amide bonds. The third kappa shape index (κ3) is 6.44. The Bertz CT molecular complexity index is 931. The summed E-state index contributed by atoms with van der Waals surface area (Å²) in [5, 5.41) is 2.86. The van der Waals surface area contributed by atoms with E-state index in [1.807, 2.05) is 19.1 Å². The molecule has 153 valence electrons. The number of sulfonamides is 1. The van der Waals surface area contributed by atoms with Crippen molar-refractivity contribution in [2.24, 2.45) is 0 Å². The molecule has 28 heavy (non-hydrogen) atoms. The molecule has 0 bridgehead atoms. The van der Waals surface area contributed by atoms with Crippen molar-refractivity contribution in [2.75, 3.05) is 12.3 Å². The number of benzene rings is 2. The molecule has 2 aromatic rings. The van der Waals surface area contributed by atoms with Gasteiger partial charge in [0.25, 0.3) is 0 Å². The molecule has 2 rings (SSSR count). The summed E-state index contributed by atoms with van der Waals surface area (Å²) in [5.74, 6) is 0.130. The molecule has 0 aliphatic carbocycles. The average molecular weight is 484 g/mol. The summed E-state index contributed by atoms with van der Waals surface area (Å²) in [6, 6.07) is 16.8. The van der Waals surface area contributed by atoms with Crippen molar-refractivity contribution in [1.82, 2.24) is 4.31 Å². The van der Waals surface area contributed by atoms with Gasteiger partial charge in [-0.25, -0.2) is 0 Å². The zero-order valence-electron chi connectivity index (χ0n) is 16.2. The molecule has 1 atom stereocenters. The molecular weight excluding hydrogens is 457 g/mol. The maximum absolute atomic E-state index is 12.8. The minimum absolute atomic E-state index is 0.130. The summed E-state index contributed by atoms with van der Waals surface area (Å²) in [6.07, 6.45) is 0.598. The van der Waals surface area contributed by atoms with E-state index >= 15 is 0 Å². The van der Waals surface area contributed by atoms with E-state index in [-0.39, 0.29) is 11.8 Å². The second-order valence-corrected chi connectivity index (χ2v) is 13.4. The SMILES string of the molecule is CC(C)N(C[CH][AsH]CCCS(=O)(=O)c1ccccc1)S(=O)(=O)c1ccccc1. The third-order valence-corrected chi connectivity index (χ3v) is 10.4. The molecule has 0 spiro atoms. The van der Waals surface area contributed by atoms with Crippen LogP contribution in [0.4, 0.5) is 0 Å². The first kappa shape index (κ1) is 23.1. The van der Waals surface area contributed by atoms with Gasteiger partial charge in [0.05, 0.1) is 0 Å². The van der Waals surface area contributed by atoms with Gasteiger partial charge in [0, 0.05) is 0 Å². The fourth-order valence-electron chi connectivity index (χ4n) is 2.68. The Morgan fingerprint density at radius 1 is 0.893 bits per heavy atom. The molecule has 2 aromatic carbocycles. The fourth-order valence-corrected chi connectivity index (χ4v) is 8.34. The van der Waals surface area contributed by atoms with Crippen molar-refractivity contribution in [3.8, 4) is 0 Å². The molecular formula is C20H27AsNO4S2. The van der Waals surface area contributed by atoms with Crippen LogP contribution in [0.25, 0.3) is 0 Å². The summed E-state index contributed by atoms with van der Waals surface area (Å²) in [7, 11) is -6.76. The van der Waals surface area contributed by atoms with Gasteiger partial charge in [-0.1, -0.05) is 0 Å². The summed E-state index contributed by atoms with van der Waals surface area (Å²) >= 11 is -0.515. The van der Waals surface area contributed by atoms with Crippen LogP contribution in [0.5, 0.6) is 0 Å². The number of nitrogens with zero attached hydrogens (tertiary/aromatic N) is 1. The minimum atomic E-state index is -3.53. The van der Waals surface area contributed by atoms with Crippen LogP contribution in [0, 0.1) is 5.21 Å². The van der Waals surface area contributed by atoms with Crippen molar-refractivity contribution in [3.63, 3.8) is 0 Å². The van der Waals surface area contributed by atoms with Gasteiger partial charge in [-0.2, -0.15) is 0 Å². The summed E-state index contributed by atoms with van der Waals surface area (Å²) in [5.41, 5.74) is 0. The monoisotopic (exact) mass is 484 g/mol. The quantitative estimate of drug-likeness (QED) is 0.363. The van der Waals surface area contributed by atoms with Gasteiger partial charge in [-0.3, -0.25) is 0 Å². The molecule has 1 radical (unpaired) electrons. The van der Waals surface area contributed by atoms with E-state index in [1.165, 1.54) is 4.31 Å². The van der Waals surface area contributed by atoms with Crippen LogP contribution in [0.2, 0.25) is 5.21 Å². The molecule has 8 heteroatoms. The maximum atomic E-state index is 12.8. The average Bonchev–Trinajstić information content (AvgIpc) is 2.68. The van der Waals surface area contributed by atoms with E-state index in [0.717, 1.165) is 5.21 Å². The Morgan fingerprint density at radius 3 is 1.96 bits per heavy atom. The first-order chi connectivity index (χ1) is 13.2. The van der Waals surface area contributed by atoms with Crippen molar-refractivity contribution in [1.29, 1.82) is 0 Å². The van der Waals surface area contributed by atoms with E-state index in [4.69, 9.17) is 0 Å². The molecule has 0 saturated carbocycles. The van der Waals surface area contributed by atoms with Gasteiger partial charge < -0.3 is 0 Å². The Labute approximate surface area is 175 Å². The van der Waals surface area contributed by atoms with E-state index < -0.39 is 35.6 Å². The van der Waals surface area contributed by atoms with Crippen LogP contribution in [0.1, 0.15) is 20.3 Å². The van der Waals surface area contributed by atoms with Gasteiger partial charge in [-0.15, -0.1) is 0 Å². The second kappa shape index (κ2) is 10.6. The Kier molecular flexibility index (Phi) is 8.75. The Hall–Kier alpha value is -1.14. The summed E-state index contributed by atoms with van der Waals surface area (Å²) < 4.78 is 51.7. The van der Waals surface area contributed by atoms with Crippen molar-refractivity contribution < 1.29 is 16.8 Å². The molecule has 0 aromatic heterocycles. The van der Waals surface area contributed by atoms with E-state index in [0.29, 0.717) is 22.8 Å². The van der Waals surface area contributed by atoms with E-state index in [1.54, 1.807) is 60.7 Å². The van der Waals surface area contributed by atoms with E-state index in [9.17, 15) is 16.8 Å². The molecule has 0 aliphatic heterocycles. The number of rotatable bonds is 11. The molecule has 0 saturated heterocycles. The van der Waals surface area contributed by atoms with E-state index in [2.05, 4.69) is 0 Å². The molecule has 0 heterocycles. The number of hydrogen-bond acceptors (Lipinski definition) is 4. The van der Waals surface area contributed by atoms with Gasteiger partial charge in [0.15, 0.2) is 0 Å². The van der Waals surface area contributed by atoms with Crippen LogP contribution in [0.3, 0.4) is 0 Å². The summed E-state index contributed by atoms with van der Waals surface area (Å²) in [4.78, 5) is 0.657. The van der Waals surface area contributed by atoms with Gasteiger partial charge in [0.2, 0.25) is 0 Å². The number of sulfone groups is 1. The summed E-state index contributed by atoms with van der Waals surface area (Å²) in [6.45, 7) is 4.09. The topological polar surface area (TPSA) is 71.5 Å². The fraction of sp³-hybridized carbons (Fsp3) is 0.350. The first-order valence-corrected chi connectivity index (χ1v) is 14.9. The molecule has 0 N–H and O–H groups in total. The van der Waals surface area contributed by atoms with Crippen LogP contribution in [-0.2, 0) is 19.9 Å². The Balaban J connectivity index is 1.83. The van der Waals surface area contributed by atoms with Crippen molar-refractivity contribution in [2.45, 2.75) is 41.3 Å². The molecule has 5 nitrogen and oxygen atoms in total. The van der Waals surface area contributed by atoms with Gasteiger partial charge >= 0.3 is 176 Å². The van der Waals surface area contributed by atoms with Crippen LogP contribution in [0.15, 0.2) is 70.5 Å².